The fourth-order valence-electron chi connectivity index (χ4n) is 3.40. The van der Waals surface area contributed by atoms with Crippen LogP contribution in [0.4, 0.5) is 5.95 Å². The lowest BCUT2D eigenvalue weighted by atomic mass is 9.97. The van der Waals surface area contributed by atoms with E-state index in [9.17, 15) is 4.79 Å². The molecule has 1 amide bonds. The molecular weight excluding hydrogens is 328 g/mol. The van der Waals surface area contributed by atoms with E-state index in [1.807, 2.05) is 60.1 Å². The maximum atomic E-state index is 12.8. The number of aromatic nitrogens is 3. The molecule has 1 aliphatic rings. The van der Waals surface area contributed by atoms with Gasteiger partial charge in [-0.2, -0.15) is 10.1 Å². The van der Waals surface area contributed by atoms with Crippen molar-refractivity contribution in [2.24, 2.45) is 0 Å². The molecule has 0 unspecified atom stereocenters. The summed E-state index contributed by atoms with van der Waals surface area (Å²) in [6, 6.07) is 19.6. The maximum absolute atomic E-state index is 12.8. The molecule has 6 heteroatoms. The lowest BCUT2D eigenvalue weighted by Gasteiger charge is -2.37. The quantitative estimate of drug-likeness (QED) is 0.727. The van der Waals surface area contributed by atoms with Crippen LogP contribution < -0.4 is 9.64 Å². The van der Waals surface area contributed by atoms with E-state index < -0.39 is 0 Å². The van der Waals surface area contributed by atoms with Gasteiger partial charge in [0.25, 0.3) is 5.91 Å². The van der Waals surface area contributed by atoms with Crippen molar-refractivity contribution in [3.63, 3.8) is 0 Å². The highest BCUT2D eigenvalue weighted by Gasteiger charge is 2.36. The number of hydrogen-bond donors (Lipinski definition) is 0. The SMILES string of the molecule is C[C@H]1C[C@H](c2ccccc2)n2ncnc2N1C(=O)COc1ccccc1. The monoisotopic (exact) mass is 348 g/mol. The summed E-state index contributed by atoms with van der Waals surface area (Å²) in [5.74, 6) is 1.12. The Morgan fingerprint density at radius 2 is 1.81 bits per heavy atom. The van der Waals surface area contributed by atoms with Crippen LogP contribution in [-0.4, -0.2) is 33.3 Å². The highest BCUT2D eigenvalue weighted by Crippen LogP contribution is 2.34. The van der Waals surface area contributed by atoms with E-state index in [1.165, 1.54) is 11.9 Å². The summed E-state index contributed by atoms with van der Waals surface area (Å²) in [5.41, 5.74) is 1.17. The van der Waals surface area contributed by atoms with Crippen molar-refractivity contribution in [1.82, 2.24) is 14.8 Å². The third-order valence-corrected chi connectivity index (χ3v) is 4.63. The van der Waals surface area contributed by atoms with Gasteiger partial charge in [-0.25, -0.2) is 4.68 Å². The number of ether oxygens (including phenoxy) is 1. The first-order valence-electron chi connectivity index (χ1n) is 8.68. The zero-order valence-corrected chi connectivity index (χ0v) is 14.5. The number of anilines is 1. The molecule has 2 aromatic carbocycles. The molecule has 0 N–H and O–H groups in total. The Morgan fingerprint density at radius 3 is 2.54 bits per heavy atom. The number of para-hydroxylation sites is 1. The van der Waals surface area contributed by atoms with E-state index in [-0.39, 0.29) is 24.6 Å². The highest BCUT2D eigenvalue weighted by molar-refractivity contribution is 5.93. The van der Waals surface area contributed by atoms with Crippen LogP contribution in [-0.2, 0) is 4.79 Å². The van der Waals surface area contributed by atoms with Gasteiger partial charge in [-0.15, -0.1) is 0 Å². The molecule has 4 rings (SSSR count). The van der Waals surface area contributed by atoms with E-state index in [1.54, 1.807) is 4.90 Å². The number of carbonyl (C=O) groups excluding carboxylic acids is 1. The van der Waals surface area contributed by atoms with E-state index in [2.05, 4.69) is 22.2 Å². The lowest BCUT2D eigenvalue weighted by molar-refractivity contribution is -0.121. The van der Waals surface area contributed by atoms with Crippen molar-refractivity contribution in [2.45, 2.75) is 25.4 Å². The molecule has 0 aliphatic carbocycles. The Kier molecular flexibility index (Phi) is 4.39. The Labute approximate surface area is 152 Å². The van der Waals surface area contributed by atoms with Gasteiger partial charge in [0.15, 0.2) is 6.61 Å². The third kappa shape index (κ3) is 3.06. The van der Waals surface area contributed by atoms with Crippen LogP contribution in [0.3, 0.4) is 0 Å². The summed E-state index contributed by atoms with van der Waals surface area (Å²) in [6.07, 6.45) is 2.28. The van der Waals surface area contributed by atoms with Gasteiger partial charge in [0.1, 0.15) is 12.1 Å². The van der Waals surface area contributed by atoms with Crippen LogP contribution in [0.1, 0.15) is 24.9 Å². The smallest absolute Gasteiger partial charge is 0.267 e. The van der Waals surface area contributed by atoms with Gasteiger partial charge < -0.3 is 4.74 Å². The van der Waals surface area contributed by atoms with Gasteiger partial charge in [0.2, 0.25) is 5.95 Å². The zero-order valence-electron chi connectivity index (χ0n) is 14.5. The van der Waals surface area contributed by atoms with Gasteiger partial charge in [0.05, 0.1) is 6.04 Å². The van der Waals surface area contributed by atoms with Crippen molar-refractivity contribution in [1.29, 1.82) is 0 Å². The molecule has 2 atom stereocenters. The van der Waals surface area contributed by atoms with E-state index in [4.69, 9.17) is 4.74 Å². The van der Waals surface area contributed by atoms with Crippen molar-refractivity contribution in [3.05, 3.63) is 72.6 Å². The molecule has 0 fully saturated rings. The fourth-order valence-corrected chi connectivity index (χ4v) is 3.40. The molecule has 6 nitrogen and oxygen atoms in total. The van der Waals surface area contributed by atoms with Gasteiger partial charge in [0, 0.05) is 6.04 Å². The fraction of sp³-hybridized carbons (Fsp3) is 0.250. The van der Waals surface area contributed by atoms with Gasteiger partial charge in [-0.1, -0.05) is 48.5 Å². The van der Waals surface area contributed by atoms with E-state index >= 15 is 0 Å². The topological polar surface area (TPSA) is 60.2 Å². The van der Waals surface area contributed by atoms with Crippen LogP contribution >= 0.6 is 0 Å². The second kappa shape index (κ2) is 7.00. The molecule has 0 spiro atoms. The van der Waals surface area contributed by atoms with Gasteiger partial charge >= 0.3 is 0 Å². The average molecular weight is 348 g/mol. The van der Waals surface area contributed by atoms with Crippen LogP contribution in [0.25, 0.3) is 0 Å². The number of fused-ring (bicyclic) bond motifs is 1. The molecule has 1 aliphatic heterocycles. The van der Waals surface area contributed by atoms with Gasteiger partial charge in [-0.05, 0) is 31.0 Å². The Morgan fingerprint density at radius 1 is 1.12 bits per heavy atom. The average Bonchev–Trinajstić information content (AvgIpc) is 3.16. The number of hydrogen-bond acceptors (Lipinski definition) is 4. The summed E-state index contributed by atoms with van der Waals surface area (Å²) in [6.45, 7) is 2.01. The number of rotatable bonds is 4. The number of nitrogens with zero attached hydrogens (tertiary/aromatic N) is 4. The largest absolute Gasteiger partial charge is 0.484 e. The molecule has 0 saturated heterocycles. The molecule has 0 radical (unpaired) electrons. The summed E-state index contributed by atoms with van der Waals surface area (Å²) < 4.78 is 7.45. The van der Waals surface area contributed by atoms with Crippen molar-refractivity contribution < 1.29 is 9.53 Å². The van der Waals surface area contributed by atoms with Crippen LogP contribution in [0.2, 0.25) is 0 Å². The van der Waals surface area contributed by atoms with Crippen LogP contribution in [0.15, 0.2) is 67.0 Å². The van der Waals surface area contributed by atoms with Crippen LogP contribution in [0.5, 0.6) is 5.75 Å². The molecule has 1 aromatic heterocycles. The lowest BCUT2D eigenvalue weighted by Crippen LogP contribution is -2.47. The maximum Gasteiger partial charge on any atom is 0.267 e. The molecule has 26 heavy (non-hydrogen) atoms. The Balaban J connectivity index is 1.56. The number of benzene rings is 2. The summed E-state index contributed by atoms with van der Waals surface area (Å²) in [5, 5.41) is 4.37. The normalized spacial score (nSPS) is 19.0. The molecule has 2 heterocycles. The van der Waals surface area contributed by atoms with Gasteiger partial charge in [-0.3, -0.25) is 9.69 Å². The first-order valence-corrected chi connectivity index (χ1v) is 8.68. The molecule has 0 saturated carbocycles. The minimum absolute atomic E-state index is 0.00350. The minimum Gasteiger partial charge on any atom is -0.484 e. The second-order valence-corrected chi connectivity index (χ2v) is 6.38. The molecular formula is C20H20N4O2. The van der Waals surface area contributed by atoms with Crippen molar-refractivity contribution >= 4 is 11.9 Å². The predicted octanol–water partition coefficient (Wildman–Crippen LogP) is 3.07. The molecule has 3 aromatic rings. The van der Waals surface area contributed by atoms with Crippen molar-refractivity contribution in [2.75, 3.05) is 11.5 Å². The highest BCUT2D eigenvalue weighted by atomic mass is 16.5. The summed E-state index contributed by atoms with van der Waals surface area (Å²) in [7, 11) is 0. The molecule has 0 bridgehead atoms. The standard InChI is InChI=1S/C20H20N4O2/c1-15-12-18(16-8-4-2-5-9-16)24-20(21-14-22-24)23(15)19(25)13-26-17-10-6-3-7-11-17/h2-11,14-15,18H,12-13H2,1H3/t15-,18+/m0/s1. The number of carbonyl (C=O) groups is 1. The predicted molar refractivity (Wildman–Crippen MR) is 98.1 cm³/mol. The zero-order chi connectivity index (χ0) is 17.9. The second-order valence-electron chi connectivity index (χ2n) is 6.38. The molecule has 132 valence electrons. The number of amides is 1. The van der Waals surface area contributed by atoms with E-state index in [0.717, 1.165) is 6.42 Å². The third-order valence-electron chi connectivity index (χ3n) is 4.63. The Hall–Kier alpha value is -3.15. The van der Waals surface area contributed by atoms with Crippen molar-refractivity contribution in [3.8, 4) is 5.75 Å². The minimum atomic E-state index is -0.123. The first kappa shape index (κ1) is 16.3. The Bertz CT molecular complexity index is 879. The summed E-state index contributed by atoms with van der Waals surface area (Å²) >= 11 is 0. The van der Waals surface area contributed by atoms with E-state index in [0.29, 0.717) is 11.7 Å². The first-order chi connectivity index (χ1) is 12.7. The van der Waals surface area contributed by atoms with Crippen LogP contribution in [0, 0.1) is 0 Å². The summed E-state index contributed by atoms with van der Waals surface area (Å²) in [4.78, 5) is 18.8.